The van der Waals surface area contributed by atoms with Crippen LogP contribution in [-0.2, 0) is 12.7 Å². The highest BCUT2D eigenvalue weighted by Gasteiger charge is 2.32. The number of alkyl halides is 3. The Balaban J connectivity index is 1.88. The summed E-state index contributed by atoms with van der Waals surface area (Å²) in [4.78, 5) is 10.9. The molecule has 1 N–H and O–H groups in total. The average molecular weight is 410 g/mol. The lowest BCUT2D eigenvalue weighted by atomic mass is 10.1. The van der Waals surface area contributed by atoms with Crippen molar-refractivity contribution in [1.82, 2.24) is 24.6 Å². The predicted molar refractivity (Wildman–Crippen MR) is 101 cm³/mol. The van der Waals surface area contributed by atoms with Gasteiger partial charge in [-0.3, -0.25) is 9.88 Å². The van der Waals surface area contributed by atoms with Gasteiger partial charge in [-0.25, -0.2) is 4.98 Å². The van der Waals surface area contributed by atoms with E-state index in [1.54, 1.807) is 18.5 Å². The zero-order valence-electron chi connectivity index (χ0n) is 15.0. The number of halogens is 4. The fraction of sp³-hybridized carbons (Fsp3) is 0.368. The third-order valence-corrected chi connectivity index (χ3v) is 5.12. The van der Waals surface area contributed by atoms with Crippen molar-refractivity contribution in [1.29, 1.82) is 0 Å². The van der Waals surface area contributed by atoms with Gasteiger partial charge in [0.2, 0.25) is 0 Å². The Kier molecular flexibility index (Phi) is 5.27. The summed E-state index contributed by atoms with van der Waals surface area (Å²) in [5, 5.41) is 3.31. The van der Waals surface area contributed by atoms with Gasteiger partial charge in [0, 0.05) is 43.8 Å². The summed E-state index contributed by atoms with van der Waals surface area (Å²) in [6.45, 7) is 3.92. The van der Waals surface area contributed by atoms with Crippen LogP contribution in [0.4, 0.5) is 13.2 Å². The molecule has 0 aromatic carbocycles. The topological polar surface area (TPSA) is 45.5 Å². The number of nitrogens with zero attached hydrogens (tertiary/aromatic N) is 4. The number of nitrogens with one attached hydrogen (secondary N) is 1. The maximum Gasteiger partial charge on any atom is 0.417 e. The second-order valence-electron chi connectivity index (χ2n) is 6.80. The molecular weight excluding hydrogens is 391 g/mol. The second-order valence-corrected chi connectivity index (χ2v) is 7.20. The smallest absolute Gasteiger partial charge is 0.315 e. The minimum Gasteiger partial charge on any atom is -0.315 e. The van der Waals surface area contributed by atoms with Gasteiger partial charge >= 0.3 is 6.18 Å². The Morgan fingerprint density at radius 1 is 1.21 bits per heavy atom. The molecule has 1 saturated heterocycles. The molecule has 0 bridgehead atoms. The molecule has 4 rings (SSSR count). The first-order valence-electron chi connectivity index (χ1n) is 9.04. The zero-order valence-corrected chi connectivity index (χ0v) is 15.8. The van der Waals surface area contributed by atoms with Crippen LogP contribution in [0, 0.1) is 0 Å². The highest BCUT2D eigenvalue weighted by atomic mass is 35.5. The Bertz CT molecular complexity index is 963. The van der Waals surface area contributed by atoms with Gasteiger partial charge in [-0.05, 0) is 37.7 Å². The van der Waals surface area contributed by atoms with Crippen LogP contribution in [0.2, 0.25) is 5.02 Å². The molecule has 148 valence electrons. The van der Waals surface area contributed by atoms with Crippen molar-refractivity contribution >= 4 is 17.2 Å². The van der Waals surface area contributed by atoms with E-state index in [0.717, 1.165) is 50.4 Å². The molecule has 9 heteroatoms. The van der Waals surface area contributed by atoms with Crippen molar-refractivity contribution in [3.8, 4) is 11.3 Å². The van der Waals surface area contributed by atoms with Crippen LogP contribution in [0.15, 0.2) is 36.8 Å². The van der Waals surface area contributed by atoms with E-state index < -0.39 is 11.7 Å². The van der Waals surface area contributed by atoms with Gasteiger partial charge < -0.3 is 9.72 Å². The van der Waals surface area contributed by atoms with E-state index in [1.165, 1.54) is 4.40 Å². The fourth-order valence-electron chi connectivity index (χ4n) is 3.46. The maximum atomic E-state index is 13.3. The molecule has 1 aliphatic heterocycles. The molecule has 0 radical (unpaired) electrons. The molecular formula is C19H19ClF3N5. The molecule has 3 aromatic rings. The third-order valence-electron chi connectivity index (χ3n) is 4.84. The quantitative estimate of drug-likeness (QED) is 0.713. The lowest BCUT2D eigenvalue weighted by Gasteiger charge is -2.20. The first-order chi connectivity index (χ1) is 13.4. The molecule has 1 aliphatic rings. The summed E-state index contributed by atoms with van der Waals surface area (Å²) in [6, 6.07) is 4.55. The highest BCUT2D eigenvalue weighted by Crippen LogP contribution is 2.35. The number of fused-ring (bicyclic) bond motifs is 1. The van der Waals surface area contributed by atoms with Gasteiger partial charge in [0.25, 0.3) is 0 Å². The van der Waals surface area contributed by atoms with Gasteiger partial charge in [0.05, 0.1) is 22.0 Å². The number of hydrogen-bond donors (Lipinski definition) is 1. The van der Waals surface area contributed by atoms with Gasteiger partial charge in [0.15, 0.2) is 5.65 Å². The van der Waals surface area contributed by atoms with Crippen LogP contribution in [0.1, 0.15) is 17.7 Å². The minimum atomic E-state index is -4.49. The average Bonchev–Trinajstić information content (AvgIpc) is 2.84. The minimum absolute atomic E-state index is 0.0243. The van der Waals surface area contributed by atoms with E-state index >= 15 is 0 Å². The van der Waals surface area contributed by atoms with Crippen LogP contribution in [-0.4, -0.2) is 45.4 Å². The summed E-state index contributed by atoms with van der Waals surface area (Å²) in [5.41, 5.74) is 1.55. The number of rotatable bonds is 3. The normalized spacial score (nSPS) is 16.4. The Labute approximate surface area is 165 Å². The molecule has 4 heterocycles. The van der Waals surface area contributed by atoms with Crippen LogP contribution in [0.25, 0.3) is 16.9 Å². The van der Waals surface area contributed by atoms with Gasteiger partial charge in [-0.2, -0.15) is 13.2 Å². The van der Waals surface area contributed by atoms with Crippen molar-refractivity contribution in [2.45, 2.75) is 19.1 Å². The Morgan fingerprint density at radius 3 is 2.82 bits per heavy atom. The van der Waals surface area contributed by atoms with Crippen molar-refractivity contribution in [2.75, 3.05) is 26.2 Å². The van der Waals surface area contributed by atoms with Gasteiger partial charge in [-0.15, -0.1) is 0 Å². The summed E-state index contributed by atoms with van der Waals surface area (Å²) >= 11 is 6.19. The number of pyridine rings is 2. The van der Waals surface area contributed by atoms with E-state index in [0.29, 0.717) is 23.6 Å². The summed E-state index contributed by atoms with van der Waals surface area (Å²) in [7, 11) is 0. The Hall–Kier alpha value is -2.16. The van der Waals surface area contributed by atoms with Crippen LogP contribution in [0.5, 0.6) is 0 Å². The highest BCUT2D eigenvalue weighted by molar-refractivity contribution is 6.33. The first-order valence-corrected chi connectivity index (χ1v) is 9.42. The lowest BCUT2D eigenvalue weighted by molar-refractivity contribution is -0.137. The van der Waals surface area contributed by atoms with E-state index in [9.17, 15) is 13.2 Å². The summed E-state index contributed by atoms with van der Waals surface area (Å²) in [6.07, 6.45) is 0.884. The standard InChI is InChI=1S/C19H19ClF3N5/c20-15-9-14(19(21,22)23)11-28-16(12-27-7-2-5-24-6-8-27)17(26-18(15)28)13-3-1-4-25-10-13/h1,3-4,9-11,24H,2,5-8,12H2. The van der Waals surface area contributed by atoms with Crippen molar-refractivity contribution < 1.29 is 13.2 Å². The van der Waals surface area contributed by atoms with Crippen molar-refractivity contribution in [3.63, 3.8) is 0 Å². The first kappa shape index (κ1) is 19.2. The Morgan fingerprint density at radius 2 is 2.07 bits per heavy atom. The molecule has 28 heavy (non-hydrogen) atoms. The molecule has 0 aliphatic carbocycles. The molecule has 0 amide bonds. The number of imidazole rings is 1. The second kappa shape index (κ2) is 7.69. The third kappa shape index (κ3) is 3.85. The lowest BCUT2D eigenvalue weighted by Crippen LogP contribution is -2.28. The van der Waals surface area contributed by atoms with Crippen LogP contribution >= 0.6 is 11.6 Å². The van der Waals surface area contributed by atoms with E-state index in [1.807, 2.05) is 6.07 Å². The number of hydrogen-bond acceptors (Lipinski definition) is 4. The molecule has 0 spiro atoms. The monoisotopic (exact) mass is 409 g/mol. The van der Waals surface area contributed by atoms with E-state index in [-0.39, 0.29) is 5.02 Å². The van der Waals surface area contributed by atoms with E-state index in [4.69, 9.17) is 11.6 Å². The molecule has 1 fully saturated rings. The van der Waals surface area contributed by atoms with Crippen LogP contribution < -0.4 is 5.32 Å². The maximum absolute atomic E-state index is 13.3. The van der Waals surface area contributed by atoms with Crippen LogP contribution in [0.3, 0.4) is 0 Å². The van der Waals surface area contributed by atoms with Crippen molar-refractivity contribution in [3.05, 3.63) is 53.1 Å². The SMILES string of the molecule is FC(F)(F)c1cc(Cl)c2nc(-c3cccnc3)c(CN3CCCNCC3)n2c1. The number of aromatic nitrogens is 3. The molecule has 0 atom stereocenters. The molecule has 0 unspecified atom stereocenters. The molecule has 0 saturated carbocycles. The summed E-state index contributed by atoms with van der Waals surface area (Å²) in [5.74, 6) is 0. The molecule has 5 nitrogen and oxygen atoms in total. The van der Waals surface area contributed by atoms with Gasteiger partial charge in [-0.1, -0.05) is 11.6 Å². The zero-order chi connectivity index (χ0) is 19.7. The largest absolute Gasteiger partial charge is 0.417 e. The summed E-state index contributed by atoms with van der Waals surface area (Å²) < 4.78 is 41.5. The van der Waals surface area contributed by atoms with Gasteiger partial charge in [0.1, 0.15) is 0 Å². The molecule has 3 aromatic heterocycles. The fourth-order valence-corrected chi connectivity index (χ4v) is 3.71. The van der Waals surface area contributed by atoms with E-state index in [2.05, 4.69) is 20.2 Å². The predicted octanol–water partition coefficient (Wildman–Crippen LogP) is 3.86. The van der Waals surface area contributed by atoms with Crippen molar-refractivity contribution in [2.24, 2.45) is 0 Å².